The molecule has 440 valence electrons. The molecular formula is C70H78N2O12. The van der Waals surface area contributed by atoms with Crippen LogP contribution in [0.3, 0.4) is 0 Å². The molecule has 0 fully saturated rings. The monoisotopic (exact) mass is 1140 g/mol. The first-order valence-corrected chi connectivity index (χ1v) is 27.5. The zero-order valence-electron chi connectivity index (χ0n) is 45.7. The van der Waals surface area contributed by atoms with Gasteiger partial charge >= 0.3 is 0 Å². The highest BCUT2D eigenvalue weighted by Crippen LogP contribution is 2.21. The van der Waals surface area contributed by atoms with Crippen molar-refractivity contribution in [1.82, 2.24) is 9.80 Å². The summed E-state index contributed by atoms with van der Waals surface area (Å²) in [5.74, 6) is 1.70. The topological polar surface area (TPSA) is 185 Å². The summed E-state index contributed by atoms with van der Waals surface area (Å²) < 4.78 is 30.0. The van der Waals surface area contributed by atoms with Crippen LogP contribution in [0, 0.1) is 0 Å². The summed E-state index contributed by atoms with van der Waals surface area (Å²) in [5.41, 5.74) is 5.58. The Labute approximate surface area is 494 Å². The van der Waals surface area contributed by atoms with Crippen LogP contribution in [0.15, 0.2) is 218 Å². The van der Waals surface area contributed by atoms with Crippen molar-refractivity contribution < 1.29 is 58.5 Å². The van der Waals surface area contributed by atoms with Gasteiger partial charge in [0.2, 0.25) is 0 Å². The van der Waals surface area contributed by atoms with Crippen LogP contribution in [0.5, 0.6) is 23.0 Å². The van der Waals surface area contributed by atoms with Gasteiger partial charge in [-0.3, -0.25) is 24.2 Å². The molecular weight excluding hydrogens is 1060 g/mol. The predicted molar refractivity (Wildman–Crippen MR) is 328 cm³/mol. The van der Waals surface area contributed by atoms with E-state index in [2.05, 4.69) is 12.1 Å². The second-order valence-corrected chi connectivity index (χ2v) is 20.0. The Morgan fingerprint density at radius 3 is 0.845 bits per heavy atom. The molecule has 14 nitrogen and oxygen atoms in total. The molecule has 0 heterocycles. The van der Waals surface area contributed by atoms with E-state index >= 15 is 0 Å². The lowest BCUT2D eigenvalue weighted by Crippen LogP contribution is -2.44. The molecule has 0 aliphatic carbocycles. The quantitative estimate of drug-likeness (QED) is 0.0221. The Bertz CT molecular complexity index is 3050. The second-order valence-electron chi connectivity index (χ2n) is 20.0. The third-order valence-electron chi connectivity index (χ3n) is 13.4. The number of ketones is 3. The summed E-state index contributed by atoms with van der Waals surface area (Å²) in [6, 6.07) is 65.2. The van der Waals surface area contributed by atoms with Crippen LogP contribution >= 0.6 is 0 Å². The predicted octanol–water partition coefficient (Wildman–Crippen LogP) is 9.92. The summed E-state index contributed by atoms with van der Waals surface area (Å²) in [7, 11) is 0. The number of rotatable bonds is 34. The fraction of sp³-hybridized carbons (Fsp3) is 0.271. The minimum absolute atomic E-state index is 0. The van der Waals surface area contributed by atoms with Crippen LogP contribution in [0.1, 0.15) is 73.7 Å². The largest absolute Gasteiger partial charge is 0.491 e. The zero-order chi connectivity index (χ0) is 57.3. The van der Waals surface area contributed by atoms with Gasteiger partial charge in [-0.25, -0.2) is 0 Å². The fourth-order valence-corrected chi connectivity index (χ4v) is 9.09. The van der Waals surface area contributed by atoms with Gasteiger partial charge in [0.25, 0.3) is 0 Å². The molecule has 0 radical (unpaired) electrons. The lowest BCUT2D eigenvalue weighted by molar-refractivity contribution is 0.00427. The molecule has 84 heavy (non-hydrogen) atoms. The molecule has 8 aromatic carbocycles. The van der Waals surface area contributed by atoms with Gasteiger partial charge in [-0.1, -0.05) is 148 Å². The Morgan fingerprint density at radius 1 is 0.321 bits per heavy atom. The highest BCUT2D eigenvalue weighted by Gasteiger charge is 2.21. The molecule has 0 aromatic heterocycles. The van der Waals surface area contributed by atoms with Gasteiger partial charge in [0.05, 0.1) is 13.2 Å². The van der Waals surface area contributed by atoms with E-state index in [4.69, 9.17) is 23.7 Å². The van der Waals surface area contributed by atoms with Crippen LogP contribution in [0.2, 0.25) is 0 Å². The van der Waals surface area contributed by atoms with Crippen molar-refractivity contribution >= 4 is 17.3 Å². The van der Waals surface area contributed by atoms with E-state index in [9.17, 15) is 34.8 Å². The Morgan fingerprint density at radius 2 is 0.560 bits per heavy atom. The lowest BCUT2D eigenvalue weighted by atomic mass is 10.0. The molecule has 4 unspecified atom stereocenters. The molecule has 0 amide bonds. The van der Waals surface area contributed by atoms with Crippen molar-refractivity contribution in [1.29, 1.82) is 0 Å². The number of hydrogen-bond acceptors (Lipinski definition) is 14. The smallest absolute Gasteiger partial charge is 0.193 e. The van der Waals surface area contributed by atoms with E-state index in [0.29, 0.717) is 69.5 Å². The first kappa shape index (κ1) is 64.9. The minimum Gasteiger partial charge on any atom is -0.491 e. The summed E-state index contributed by atoms with van der Waals surface area (Å²) in [4.78, 5) is 42.6. The third-order valence-corrected chi connectivity index (χ3v) is 13.4. The van der Waals surface area contributed by atoms with E-state index in [1.165, 1.54) is 5.56 Å². The maximum atomic E-state index is 13.0. The normalized spacial score (nSPS) is 12.5. The number of nitrogens with zero attached hydrogens (tertiary/aromatic N) is 2. The number of carbonyl (C=O) groups excluding carboxylic acids is 3. The number of aliphatic hydroxyl groups is 4. The Balaban J connectivity index is 0.00000566. The number of ether oxygens (including phenoxy) is 5. The zero-order valence-corrected chi connectivity index (χ0v) is 45.7. The fourth-order valence-electron chi connectivity index (χ4n) is 9.09. The van der Waals surface area contributed by atoms with Crippen LogP contribution in [0.25, 0.3) is 0 Å². The van der Waals surface area contributed by atoms with Crippen molar-refractivity contribution in [3.63, 3.8) is 0 Å². The first-order chi connectivity index (χ1) is 40.0. The average molecular weight is 1140 g/mol. The SMILES string of the molecule is C.C.O=C(c1ccccc1)c1ccc(OCC(O)CN(CCOCCN(CC(O)COc2ccc(C(=O)c3ccccc3)cc2)CC(O)COc2ccc(C(=O)c3ccccc3)cc2)CC(O)COc2ccc(Cc3ccccc3)cc2)cc1. The van der Waals surface area contributed by atoms with Crippen molar-refractivity contribution in [2.24, 2.45) is 0 Å². The van der Waals surface area contributed by atoms with E-state index in [-0.39, 0.29) is 98.0 Å². The van der Waals surface area contributed by atoms with Gasteiger partial charge in [-0.15, -0.1) is 0 Å². The van der Waals surface area contributed by atoms with Crippen molar-refractivity contribution in [2.75, 3.05) is 78.9 Å². The van der Waals surface area contributed by atoms with Gasteiger partial charge < -0.3 is 44.1 Å². The first-order valence-electron chi connectivity index (χ1n) is 27.5. The average Bonchev–Trinajstić information content (AvgIpc) is 3.64. The molecule has 0 saturated heterocycles. The number of carbonyl (C=O) groups is 3. The molecule has 8 rings (SSSR count). The summed E-state index contributed by atoms with van der Waals surface area (Å²) in [6.45, 7) is 1.30. The molecule has 0 aliphatic rings. The van der Waals surface area contributed by atoms with Crippen molar-refractivity contribution in [3.05, 3.63) is 263 Å². The summed E-state index contributed by atoms with van der Waals surface area (Å²) in [5, 5.41) is 45.1. The summed E-state index contributed by atoms with van der Waals surface area (Å²) >= 11 is 0. The number of aliphatic hydroxyl groups excluding tert-OH is 4. The van der Waals surface area contributed by atoms with Gasteiger partial charge in [0.15, 0.2) is 17.3 Å². The van der Waals surface area contributed by atoms with Gasteiger partial charge in [0.1, 0.15) is 73.8 Å². The third kappa shape index (κ3) is 21.1. The number of benzene rings is 8. The standard InChI is InChI=1S/C68H70N2O12.2CH4/c71-58(46-79-62-29-21-51(22-30-62)41-50-13-5-1-6-14-50)42-69(43-59(72)47-80-63-31-23-55(24-32-63)66(75)52-15-7-2-8-16-52)37-39-78-40-38-70(44-60(73)48-81-64-33-25-56(26-34-64)67(76)53-17-9-3-10-18-53)45-61(74)49-82-65-35-27-57(28-36-65)68(77)54-19-11-4-12-20-54;;/h1-36,58-61,71-74H,37-49H2;2*1H4. The highest BCUT2D eigenvalue weighted by molar-refractivity contribution is 6.10. The maximum Gasteiger partial charge on any atom is 0.193 e. The van der Waals surface area contributed by atoms with Crippen molar-refractivity contribution in [3.8, 4) is 23.0 Å². The Hall–Kier alpha value is -8.31. The van der Waals surface area contributed by atoms with Crippen molar-refractivity contribution in [2.45, 2.75) is 45.7 Å². The maximum absolute atomic E-state index is 13.0. The molecule has 4 N–H and O–H groups in total. The van der Waals surface area contributed by atoms with E-state index in [1.807, 2.05) is 107 Å². The van der Waals surface area contributed by atoms with Gasteiger partial charge in [-0.2, -0.15) is 0 Å². The molecule has 14 heteroatoms. The Kier molecular flexibility index (Phi) is 26.5. The minimum atomic E-state index is -0.988. The molecule has 0 saturated carbocycles. The molecule has 0 bridgehead atoms. The van der Waals surface area contributed by atoms with Gasteiger partial charge in [0, 0.05) is 72.6 Å². The van der Waals surface area contributed by atoms with E-state index < -0.39 is 24.4 Å². The lowest BCUT2D eigenvalue weighted by Gasteiger charge is -2.28. The van der Waals surface area contributed by atoms with E-state index in [1.54, 1.807) is 109 Å². The molecule has 4 atom stereocenters. The van der Waals surface area contributed by atoms with Crippen LogP contribution in [-0.4, -0.2) is 151 Å². The van der Waals surface area contributed by atoms with Crippen LogP contribution < -0.4 is 18.9 Å². The second kappa shape index (κ2) is 34.3. The van der Waals surface area contributed by atoms with Crippen LogP contribution in [-0.2, 0) is 11.2 Å². The van der Waals surface area contributed by atoms with E-state index in [0.717, 1.165) is 12.0 Å². The highest BCUT2D eigenvalue weighted by atomic mass is 16.5. The van der Waals surface area contributed by atoms with Gasteiger partial charge in [-0.05, 0) is 102 Å². The molecule has 8 aromatic rings. The van der Waals surface area contributed by atoms with Crippen LogP contribution in [0.4, 0.5) is 0 Å². The molecule has 0 spiro atoms. The number of hydrogen-bond donors (Lipinski definition) is 4. The molecule has 0 aliphatic heterocycles. The summed E-state index contributed by atoms with van der Waals surface area (Å²) in [6.07, 6.45) is -3.09.